The highest BCUT2D eigenvalue weighted by atomic mass is 16.5. The summed E-state index contributed by atoms with van der Waals surface area (Å²) in [5.41, 5.74) is 2.17. The van der Waals surface area contributed by atoms with Crippen LogP contribution in [0, 0.1) is 11.8 Å². The molecule has 2 rings (SSSR count). The molecule has 1 aromatic carbocycles. The topological polar surface area (TPSA) is 61.8 Å². The van der Waals surface area contributed by atoms with Crippen molar-refractivity contribution in [3.05, 3.63) is 47.5 Å². The van der Waals surface area contributed by atoms with Crippen LogP contribution in [-0.2, 0) is 30.4 Å². The van der Waals surface area contributed by atoms with Gasteiger partial charge in [-0.2, -0.15) is 0 Å². The zero-order valence-electron chi connectivity index (χ0n) is 14.9. The molecule has 0 N–H and O–H groups in total. The van der Waals surface area contributed by atoms with Crippen LogP contribution in [0.1, 0.15) is 31.7 Å². The number of allylic oxidation sites excluding steroid dienone is 1. The molecule has 136 valence electrons. The van der Waals surface area contributed by atoms with E-state index in [1.807, 2.05) is 30.3 Å². The Balaban J connectivity index is 1.93. The fourth-order valence-electron chi connectivity index (χ4n) is 3.17. The number of esters is 2. The Labute approximate surface area is 149 Å². The molecule has 0 fully saturated rings. The van der Waals surface area contributed by atoms with E-state index >= 15 is 0 Å². The van der Waals surface area contributed by atoms with Crippen LogP contribution >= 0.6 is 0 Å². The van der Waals surface area contributed by atoms with Crippen molar-refractivity contribution in [1.29, 1.82) is 0 Å². The number of hydrogen-bond acceptors (Lipinski definition) is 5. The van der Waals surface area contributed by atoms with Gasteiger partial charge in [0.05, 0.1) is 33.4 Å². The molecular weight excluding hydrogens is 320 g/mol. The van der Waals surface area contributed by atoms with E-state index < -0.39 is 0 Å². The highest BCUT2D eigenvalue weighted by molar-refractivity contribution is 5.72. The number of rotatable bonds is 9. The number of carbonyl (C=O) groups excluding carboxylic acids is 2. The Morgan fingerprint density at radius 1 is 1.08 bits per heavy atom. The molecule has 0 bridgehead atoms. The third-order valence-electron chi connectivity index (χ3n) is 4.46. The van der Waals surface area contributed by atoms with Gasteiger partial charge in [0.2, 0.25) is 0 Å². The maximum absolute atomic E-state index is 11.9. The molecule has 0 heterocycles. The number of ether oxygens (including phenoxy) is 3. The smallest absolute Gasteiger partial charge is 0.306 e. The van der Waals surface area contributed by atoms with Gasteiger partial charge in [0.1, 0.15) is 0 Å². The van der Waals surface area contributed by atoms with E-state index in [1.54, 1.807) is 6.92 Å². The van der Waals surface area contributed by atoms with E-state index in [1.165, 1.54) is 7.11 Å². The molecule has 0 saturated heterocycles. The van der Waals surface area contributed by atoms with Crippen molar-refractivity contribution < 1.29 is 23.8 Å². The zero-order valence-corrected chi connectivity index (χ0v) is 14.9. The molecule has 5 heteroatoms. The first-order chi connectivity index (χ1) is 12.1. The second-order valence-corrected chi connectivity index (χ2v) is 6.15. The lowest BCUT2D eigenvalue weighted by Crippen LogP contribution is -2.22. The van der Waals surface area contributed by atoms with Crippen molar-refractivity contribution in [1.82, 2.24) is 0 Å². The summed E-state index contributed by atoms with van der Waals surface area (Å²) in [6, 6.07) is 9.95. The average Bonchev–Trinajstić information content (AvgIpc) is 2.97. The van der Waals surface area contributed by atoms with Crippen molar-refractivity contribution in [2.24, 2.45) is 11.8 Å². The lowest BCUT2D eigenvalue weighted by atomic mass is 9.86. The van der Waals surface area contributed by atoms with E-state index in [0.29, 0.717) is 26.2 Å². The van der Waals surface area contributed by atoms with Crippen LogP contribution in [0.5, 0.6) is 0 Å². The van der Waals surface area contributed by atoms with Gasteiger partial charge in [0, 0.05) is 6.42 Å². The van der Waals surface area contributed by atoms with Crippen molar-refractivity contribution in [3.63, 3.8) is 0 Å². The van der Waals surface area contributed by atoms with Gasteiger partial charge in [-0.1, -0.05) is 36.4 Å². The fourth-order valence-corrected chi connectivity index (χ4v) is 3.17. The van der Waals surface area contributed by atoms with Gasteiger partial charge >= 0.3 is 11.9 Å². The Bertz CT molecular complexity index is 593. The first kappa shape index (κ1) is 19.2. The van der Waals surface area contributed by atoms with Crippen molar-refractivity contribution >= 4 is 11.9 Å². The Hall–Kier alpha value is -2.14. The lowest BCUT2D eigenvalue weighted by Gasteiger charge is -2.21. The van der Waals surface area contributed by atoms with Crippen LogP contribution in [0.15, 0.2) is 42.0 Å². The summed E-state index contributed by atoms with van der Waals surface area (Å²) < 4.78 is 15.7. The van der Waals surface area contributed by atoms with Gasteiger partial charge in [-0.3, -0.25) is 9.59 Å². The summed E-state index contributed by atoms with van der Waals surface area (Å²) in [6.45, 7) is 3.12. The summed E-state index contributed by atoms with van der Waals surface area (Å²) in [7, 11) is 1.38. The summed E-state index contributed by atoms with van der Waals surface area (Å²) >= 11 is 0. The van der Waals surface area contributed by atoms with E-state index in [9.17, 15) is 9.59 Å². The standard InChI is InChI=1S/C20H26O5/c1-3-25-20(22)12-18-16(11-19(21)23-2)9-10-17(18)14-24-13-15-7-5-4-6-8-15/h4-8,10,16,18H,3,9,11-14H2,1-2H3. The molecule has 2 unspecified atom stereocenters. The fraction of sp³-hybridized carbons (Fsp3) is 0.500. The van der Waals surface area contributed by atoms with Crippen molar-refractivity contribution in [2.45, 2.75) is 32.8 Å². The van der Waals surface area contributed by atoms with Crippen molar-refractivity contribution in [2.75, 3.05) is 20.3 Å². The van der Waals surface area contributed by atoms with Gasteiger partial charge in [-0.25, -0.2) is 0 Å². The molecule has 25 heavy (non-hydrogen) atoms. The second kappa shape index (κ2) is 9.99. The Kier molecular flexibility index (Phi) is 7.67. The van der Waals surface area contributed by atoms with Crippen LogP contribution in [0.25, 0.3) is 0 Å². The average molecular weight is 346 g/mol. The predicted molar refractivity (Wildman–Crippen MR) is 93.7 cm³/mol. The largest absolute Gasteiger partial charge is 0.469 e. The molecule has 1 aliphatic carbocycles. The normalized spacial score (nSPS) is 19.4. The molecule has 0 radical (unpaired) electrons. The van der Waals surface area contributed by atoms with Crippen LogP contribution in [0.2, 0.25) is 0 Å². The van der Waals surface area contributed by atoms with E-state index in [4.69, 9.17) is 14.2 Å². The van der Waals surface area contributed by atoms with Gasteiger partial charge < -0.3 is 14.2 Å². The van der Waals surface area contributed by atoms with Crippen LogP contribution in [-0.4, -0.2) is 32.3 Å². The van der Waals surface area contributed by atoms with Crippen LogP contribution in [0.4, 0.5) is 0 Å². The summed E-state index contributed by atoms with van der Waals surface area (Å²) in [4.78, 5) is 23.6. The van der Waals surface area contributed by atoms with Gasteiger partial charge in [0.15, 0.2) is 0 Å². The molecule has 1 aliphatic rings. The maximum Gasteiger partial charge on any atom is 0.306 e. The molecular formula is C20H26O5. The zero-order chi connectivity index (χ0) is 18.1. The summed E-state index contributed by atoms with van der Waals surface area (Å²) in [5.74, 6) is -0.460. The molecule has 0 amide bonds. The first-order valence-electron chi connectivity index (χ1n) is 8.67. The number of benzene rings is 1. The number of hydrogen-bond donors (Lipinski definition) is 0. The molecule has 0 spiro atoms. The van der Waals surface area contributed by atoms with E-state index in [-0.39, 0.29) is 30.2 Å². The van der Waals surface area contributed by atoms with E-state index in [0.717, 1.165) is 17.6 Å². The second-order valence-electron chi connectivity index (χ2n) is 6.15. The maximum atomic E-state index is 11.9. The summed E-state index contributed by atoms with van der Waals surface area (Å²) in [5, 5.41) is 0. The molecule has 2 atom stereocenters. The minimum atomic E-state index is -0.251. The summed E-state index contributed by atoms with van der Waals surface area (Å²) in [6.07, 6.45) is 3.42. The SMILES string of the molecule is CCOC(=O)CC1C(COCc2ccccc2)=CCC1CC(=O)OC. The third-order valence-corrected chi connectivity index (χ3v) is 4.46. The monoisotopic (exact) mass is 346 g/mol. The molecule has 0 aromatic heterocycles. The molecule has 0 saturated carbocycles. The van der Waals surface area contributed by atoms with E-state index in [2.05, 4.69) is 6.08 Å². The Morgan fingerprint density at radius 2 is 1.84 bits per heavy atom. The van der Waals surface area contributed by atoms with Crippen molar-refractivity contribution in [3.8, 4) is 0 Å². The van der Waals surface area contributed by atoms with Gasteiger partial charge in [-0.15, -0.1) is 0 Å². The highest BCUT2D eigenvalue weighted by Crippen LogP contribution is 2.37. The number of methoxy groups -OCH3 is 1. The quantitative estimate of drug-likeness (QED) is 0.507. The van der Waals surface area contributed by atoms with Gasteiger partial charge in [0.25, 0.3) is 0 Å². The lowest BCUT2D eigenvalue weighted by molar-refractivity contribution is -0.146. The Morgan fingerprint density at radius 3 is 2.52 bits per heavy atom. The molecule has 5 nitrogen and oxygen atoms in total. The van der Waals surface area contributed by atoms with Crippen LogP contribution in [0.3, 0.4) is 0 Å². The minimum absolute atomic E-state index is 0.0334. The van der Waals surface area contributed by atoms with Gasteiger partial charge in [-0.05, 0) is 36.3 Å². The first-order valence-corrected chi connectivity index (χ1v) is 8.67. The number of carbonyl (C=O) groups is 2. The third kappa shape index (κ3) is 6.02. The molecule has 1 aromatic rings. The highest BCUT2D eigenvalue weighted by Gasteiger charge is 2.33. The van der Waals surface area contributed by atoms with Crippen LogP contribution < -0.4 is 0 Å². The molecule has 0 aliphatic heterocycles. The minimum Gasteiger partial charge on any atom is -0.469 e. The predicted octanol–water partition coefficient (Wildman–Crippen LogP) is 3.28.